The normalized spacial score (nSPS) is 15.3. The van der Waals surface area contributed by atoms with Crippen molar-refractivity contribution in [2.45, 2.75) is 45.4 Å². The van der Waals surface area contributed by atoms with Crippen LogP contribution in [0, 0.1) is 5.92 Å². The van der Waals surface area contributed by atoms with Gasteiger partial charge in [0.15, 0.2) is 0 Å². The van der Waals surface area contributed by atoms with Gasteiger partial charge in [-0.25, -0.2) is 0 Å². The molecule has 0 unspecified atom stereocenters. The molecule has 0 aliphatic carbocycles. The fourth-order valence-electron chi connectivity index (χ4n) is 3.04. The van der Waals surface area contributed by atoms with E-state index in [9.17, 15) is 9.59 Å². The Bertz CT molecular complexity index is 536. The highest BCUT2D eigenvalue weighted by Crippen LogP contribution is 2.20. The average Bonchev–Trinajstić information content (AvgIpc) is 2.60. The first-order valence-electron chi connectivity index (χ1n) is 8.79. The minimum Gasteiger partial charge on any atom is -0.466 e. The van der Waals surface area contributed by atoms with Crippen LogP contribution in [-0.2, 0) is 20.7 Å². The van der Waals surface area contributed by atoms with Gasteiger partial charge in [-0.2, -0.15) is 0 Å². The molecule has 0 saturated carbocycles. The van der Waals surface area contributed by atoms with Crippen LogP contribution in [0.1, 0.15) is 44.6 Å². The van der Waals surface area contributed by atoms with Gasteiger partial charge in [0.05, 0.1) is 12.5 Å². The van der Waals surface area contributed by atoms with Crippen LogP contribution in [0.15, 0.2) is 28.7 Å². The van der Waals surface area contributed by atoms with E-state index in [4.69, 9.17) is 4.74 Å². The van der Waals surface area contributed by atoms with Crippen molar-refractivity contribution in [3.05, 3.63) is 34.3 Å². The zero-order valence-corrected chi connectivity index (χ0v) is 15.9. The highest BCUT2D eigenvalue weighted by Gasteiger charge is 2.27. The van der Waals surface area contributed by atoms with Crippen LogP contribution >= 0.6 is 15.9 Å². The molecule has 4 nitrogen and oxygen atoms in total. The summed E-state index contributed by atoms with van der Waals surface area (Å²) in [5.74, 6) is 0.0682. The van der Waals surface area contributed by atoms with Crippen molar-refractivity contribution in [1.82, 2.24) is 4.90 Å². The monoisotopic (exact) mass is 395 g/mol. The van der Waals surface area contributed by atoms with Gasteiger partial charge in [-0.3, -0.25) is 9.59 Å². The second kappa shape index (κ2) is 9.82. The minimum atomic E-state index is -0.112. The van der Waals surface area contributed by atoms with Gasteiger partial charge in [0.2, 0.25) is 5.91 Å². The molecule has 1 aromatic rings. The van der Waals surface area contributed by atoms with E-state index in [2.05, 4.69) is 28.1 Å². The highest BCUT2D eigenvalue weighted by atomic mass is 79.9. The lowest BCUT2D eigenvalue weighted by Crippen LogP contribution is -2.40. The molecule has 1 heterocycles. The Labute approximate surface area is 152 Å². The quantitative estimate of drug-likeness (QED) is 0.518. The molecule has 0 N–H and O–H groups in total. The van der Waals surface area contributed by atoms with Crippen LogP contribution in [0.3, 0.4) is 0 Å². The third-order valence-corrected chi connectivity index (χ3v) is 5.02. The molecule has 0 spiro atoms. The summed E-state index contributed by atoms with van der Waals surface area (Å²) in [5, 5.41) is 0. The van der Waals surface area contributed by atoms with Crippen molar-refractivity contribution in [1.29, 1.82) is 0 Å². The standard InChI is InChI=1S/C19H26BrNO3/c1-2-24-19(23)16-11-13-21(14-12-16)18(22)6-4-3-5-15-7-9-17(20)10-8-15/h7-10,16H,2-6,11-14H2,1H3. The van der Waals surface area contributed by atoms with E-state index < -0.39 is 0 Å². The van der Waals surface area contributed by atoms with Crippen LogP contribution in [0.5, 0.6) is 0 Å². The number of carbonyl (C=O) groups is 2. The highest BCUT2D eigenvalue weighted by molar-refractivity contribution is 9.10. The van der Waals surface area contributed by atoms with Gasteiger partial charge in [-0.05, 0) is 56.7 Å². The van der Waals surface area contributed by atoms with Crippen LogP contribution in [-0.4, -0.2) is 36.5 Å². The summed E-state index contributed by atoms with van der Waals surface area (Å²) < 4.78 is 6.15. The molecular weight excluding hydrogens is 370 g/mol. The van der Waals surface area contributed by atoms with Gasteiger partial charge in [0.1, 0.15) is 0 Å². The summed E-state index contributed by atoms with van der Waals surface area (Å²) in [4.78, 5) is 25.9. The van der Waals surface area contributed by atoms with E-state index >= 15 is 0 Å². The van der Waals surface area contributed by atoms with E-state index in [1.165, 1.54) is 5.56 Å². The Morgan fingerprint density at radius 1 is 1.17 bits per heavy atom. The van der Waals surface area contributed by atoms with Crippen LogP contribution in [0.2, 0.25) is 0 Å². The Kier molecular flexibility index (Phi) is 7.76. The van der Waals surface area contributed by atoms with Crippen molar-refractivity contribution < 1.29 is 14.3 Å². The largest absolute Gasteiger partial charge is 0.466 e. The number of hydrogen-bond donors (Lipinski definition) is 0. The summed E-state index contributed by atoms with van der Waals surface area (Å²) in [7, 11) is 0. The van der Waals surface area contributed by atoms with Crippen LogP contribution in [0.4, 0.5) is 0 Å². The second-order valence-corrected chi connectivity index (χ2v) is 7.16. The van der Waals surface area contributed by atoms with Gasteiger partial charge in [0, 0.05) is 24.0 Å². The molecule has 24 heavy (non-hydrogen) atoms. The maximum absolute atomic E-state index is 12.3. The molecule has 1 aliphatic heterocycles. The lowest BCUT2D eigenvalue weighted by atomic mass is 9.96. The number of hydrogen-bond acceptors (Lipinski definition) is 3. The van der Waals surface area contributed by atoms with Crippen LogP contribution in [0.25, 0.3) is 0 Å². The number of rotatable bonds is 7. The van der Waals surface area contributed by atoms with E-state index in [0.717, 1.165) is 36.6 Å². The number of ether oxygens (including phenoxy) is 1. The van der Waals surface area contributed by atoms with Crippen LogP contribution < -0.4 is 0 Å². The third kappa shape index (κ3) is 5.93. The molecule has 0 aromatic heterocycles. The number of likely N-dealkylation sites (tertiary alicyclic amines) is 1. The van der Waals surface area contributed by atoms with Crippen molar-refractivity contribution in [3.8, 4) is 0 Å². The zero-order valence-electron chi connectivity index (χ0n) is 14.3. The van der Waals surface area contributed by atoms with E-state index in [-0.39, 0.29) is 17.8 Å². The zero-order chi connectivity index (χ0) is 17.4. The number of carbonyl (C=O) groups excluding carboxylic acids is 2. The molecule has 2 rings (SSSR count). The summed E-state index contributed by atoms with van der Waals surface area (Å²) in [6, 6.07) is 8.33. The number of aryl methyl sites for hydroxylation is 1. The van der Waals surface area contributed by atoms with Gasteiger partial charge < -0.3 is 9.64 Å². The summed E-state index contributed by atoms with van der Waals surface area (Å²) in [6.07, 6.45) is 4.98. The molecule has 5 heteroatoms. The number of halogens is 1. The van der Waals surface area contributed by atoms with Gasteiger partial charge in [-0.15, -0.1) is 0 Å². The predicted octanol–water partition coefficient (Wildman–Crippen LogP) is 3.96. The SMILES string of the molecule is CCOC(=O)C1CCN(C(=O)CCCCc2ccc(Br)cc2)CC1. The Balaban J connectivity index is 1.63. The smallest absolute Gasteiger partial charge is 0.309 e. The molecule has 1 fully saturated rings. The maximum Gasteiger partial charge on any atom is 0.309 e. The lowest BCUT2D eigenvalue weighted by Gasteiger charge is -2.31. The molecule has 132 valence electrons. The number of benzene rings is 1. The number of unbranched alkanes of at least 4 members (excludes halogenated alkanes) is 1. The van der Waals surface area contributed by atoms with Crippen molar-refractivity contribution in [2.24, 2.45) is 5.92 Å². The number of piperidine rings is 1. The fraction of sp³-hybridized carbons (Fsp3) is 0.579. The first kappa shape index (κ1) is 19.0. The maximum atomic E-state index is 12.3. The Morgan fingerprint density at radius 3 is 2.46 bits per heavy atom. The lowest BCUT2D eigenvalue weighted by molar-refractivity contribution is -0.151. The second-order valence-electron chi connectivity index (χ2n) is 6.24. The van der Waals surface area contributed by atoms with Crippen molar-refractivity contribution in [3.63, 3.8) is 0 Å². The third-order valence-electron chi connectivity index (χ3n) is 4.49. The summed E-state index contributed by atoms with van der Waals surface area (Å²) >= 11 is 3.43. The number of amides is 1. The molecule has 1 aliphatic rings. The fourth-order valence-corrected chi connectivity index (χ4v) is 3.30. The molecular formula is C19H26BrNO3. The molecule has 1 amide bonds. The topological polar surface area (TPSA) is 46.6 Å². The molecule has 0 radical (unpaired) electrons. The molecule has 1 saturated heterocycles. The van der Waals surface area contributed by atoms with Gasteiger partial charge in [0.25, 0.3) is 0 Å². The van der Waals surface area contributed by atoms with Gasteiger partial charge in [-0.1, -0.05) is 28.1 Å². The van der Waals surface area contributed by atoms with E-state index in [1.807, 2.05) is 24.0 Å². The molecule has 1 aromatic carbocycles. The number of esters is 1. The van der Waals surface area contributed by atoms with Gasteiger partial charge >= 0.3 is 5.97 Å². The Morgan fingerprint density at radius 2 is 1.83 bits per heavy atom. The minimum absolute atomic E-state index is 0.0357. The first-order chi connectivity index (χ1) is 11.6. The van der Waals surface area contributed by atoms with Crippen molar-refractivity contribution >= 4 is 27.8 Å². The molecule has 0 atom stereocenters. The first-order valence-corrected chi connectivity index (χ1v) is 9.58. The van der Waals surface area contributed by atoms with Crippen molar-refractivity contribution in [2.75, 3.05) is 19.7 Å². The van der Waals surface area contributed by atoms with E-state index in [0.29, 0.717) is 26.1 Å². The predicted molar refractivity (Wildman–Crippen MR) is 97.6 cm³/mol. The average molecular weight is 396 g/mol. The Hall–Kier alpha value is -1.36. The van der Waals surface area contributed by atoms with E-state index in [1.54, 1.807) is 0 Å². The summed E-state index contributed by atoms with van der Waals surface area (Å²) in [6.45, 7) is 3.60. The molecule has 0 bridgehead atoms. The summed E-state index contributed by atoms with van der Waals surface area (Å²) in [5.41, 5.74) is 1.31. The number of nitrogens with zero attached hydrogens (tertiary/aromatic N) is 1.